The first-order valence-electron chi connectivity index (χ1n) is 14.9. The second-order valence-corrected chi connectivity index (χ2v) is 10.3. The van der Waals surface area contributed by atoms with Gasteiger partial charge in [0, 0.05) is 39.2 Å². The fourth-order valence-electron chi connectivity index (χ4n) is 4.57. The Morgan fingerprint density at radius 3 is 2.50 bits per heavy atom. The number of nitrogens with zero attached hydrogens (tertiary/aromatic N) is 1. The Bertz CT molecular complexity index is 1390. The number of amides is 5. The van der Waals surface area contributed by atoms with Crippen molar-refractivity contribution in [2.24, 2.45) is 5.73 Å². The number of alkyl halides is 3. The third-order valence-corrected chi connectivity index (χ3v) is 6.83. The Kier molecular flexibility index (Phi) is 13.8. The summed E-state index contributed by atoms with van der Waals surface area (Å²) >= 11 is 0. The Morgan fingerprint density at radius 1 is 1.08 bits per heavy atom. The Morgan fingerprint density at radius 2 is 1.83 bits per heavy atom. The highest BCUT2D eigenvalue weighted by Gasteiger charge is 2.47. The maximum atomic E-state index is 13.3. The van der Waals surface area contributed by atoms with Crippen LogP contribution in [0.3, 0.4) is 0 Å². The zero-order valence-electron chi connectivity index (χ0n) is 25.8. The van der Waals surface area contributed by atoms with E-state index in [1.54, 1.807) is 6.92 Å². The third kappa shape index (κ3) is 9.94. The average molecular weight is 689 g/mol. The van der Waals surface area contributed by atoms with Gasteiger partial charge >= 0.3 is 30.3 Å². The normalized spacial score (nSPS) is 17.4. The molecule has 3 unspecified atom stereocenters. The number of rotatable bonds is 18. The number of esters is 2. The van der Waals surface area contributed by atoms with Gasteiger partial charge in [-0.05, 0) is 44.9 Å². The number of imide groups is 2. The smallest absolute Gasteiger partial charge is 0.464 e. The molecule has 264 valence electrons. The summed E-state index contributed by atoms with van der Waals surface area (Å²) in [5.74, 6) is -8.77. The number of piperidine rings is 1. The summed E-state index contributed by atoms with van der Waals surface area (Å²) in [4.78, 5) is 87.3. The predicted molar refractivity (Wildman–Crippen MR) is 153 cm³/mol. The van der Waals surface area contributed by atoms with Gasteiger partial charge in [-0.2, -0.15) is 13.2 Å². The first-order chi connectivity index (χ1) is 22.8. The molecule has 3 atom stereocenters. The minimum Gasteiger partial charge on any atom is -0.464 e. The maximum absolute atomic E-state index is 13.3. The summed E-state index contributed by atoms with van der Waals surface area (Å²) in [6.07, 6.45) is -8.48. The summed E-state index contributed by atoms with van der Waals surface area (Å²) < 4.78 is 64.5. The molecular weight excluding hydrogens is 653 g/mol. The van der Waals surface area contributed by atoms with Crippen LogP contribution in [0.1, 0.15) is 59.7 Å². The van der Waals surface area contributed by atoms with Crippen molar-refractivity contribution in [2.75, 3.05) is 39.5 Å². The van der Waals surface area contributed by atoms with E-state index in [1.807, 2.05) is 5.32 Å². The number of ether oxygens (including phenoxy) is 5. The van der Waals surface area contributed by atoms with E-state index >= 15 is 0 Å². The summed E-state index contributed by atoms with van der Waals surface area (Å²) in [7, 11) is 0. The molecule has 0 radical (unpaired) electrons. The Balaban J connectivity index is 1.63. The van der Waals surface area contributed by atoms with Crippen molar-refractivity contribution >= 4 is 41.5 Å². The lowest BCUT2D eigenvalue weighted by Gasteiger charge is -2.27. The number of benzene rings is 1. The van der Waals surface area contributed by atoms with E-state index in [1.165, 1.54) is 12.1 Å². The minimum absolute atomic E-state index is 0.0332. The predicted octanol–water partition coefficient (Wildman–Crippen LogP) is 0.108. The van der Waals surface area contributed by atoms with Gasteiger partial charge in [-0.15, -0.1) is 0 Å². The summed E-state index contributed by atoms with van der Waals surface area (Å²) in [5, 5.41) is 4.26. The van der Waals surface area contributed by atoms with Crippen molar-refractivity contribution < 1.29 is 70.4 Å². The highest BCUT2D eigenvalue weighted by Crippen LogP contribution is 2.34. The molecule has 0 aromatic heterocycles. The molecule has 4 N–H and O–H groups in total. The van der Waals surface area contributed by atoms with Crippen LogP contribution in [0.4, 0.5) is 13.2 Å². The molecule has 19 heteroatoms. The Labute approximate surface area is 271 Å². The van der Waals surface area contributed by atoms with Gasteiger partial charge in [-0.3, -0.25) is 34.2 Å². The monoisotopic (exact) mass is 688 g/mol. The number of hydrogen-bond acceptors (Lipinski definition) is 13. The Hall–Kier alpha value is -4.62. The van der Waals surface area contributed by atoms with Gasteiger partial charge in [0.1, 0.15) is 11.8 Å². The van der Waals surface area contributed by atoms with Crippen LogP contribution in [0.15, 0.2) is 18.2 Å². The fraction of sp³-hybridized carbons (Fsp3) is 0.552. The SMILES string of the molecule is CCOC(=O)C(CCOCCCNC(=O)C(OC(=O)C(F)(F)F)Oc1cccc2c1C(=O)N(C1CCC(=O)NC1=O)C2=O)OCCCN. The molecule has 16 nitrogen and oxygen atoms in total. The molecule has 1 saturated heterocycles. The second kappa shape index (κ2) is 17.5. The molecule has 2 heterocycles. The standard InChI is InChI=1S/C29H35F3N4O12/c1-2-45-26(42)19(46-14-4-11-33)10-15-44-13-5-12-34-23(39)27(48-28(43)29(30,31)32)47-18-7-3-6-16-21(18)25(41)36(24(16)40)17-8-9-20(37)35-22(17)38/h3,6-7,17,19,27H,2,4-5,8-15,33H2,1H3,(H,34,39)(H,35,37,38). The van der Waals surface area contributed by atoms with Gasteiger partial charge in [0.05, 0.1) is 17.7 Å². The van der Waals surface area contributed by atoms with E-state index < -0.39 is 77.4 Å². The molecule has 0 bridgehead atoms. The number of carbonyl (C=O) groups excluding carboxylic acids is 7. The second-order valence-electron chi connectivity index (χ2n) is 10.3. The molecular formula is C29H35F3N4O12. The number of carbonyl (C=O) groups is 7. The third-order valence-electron chi connectivity index (χ3n) is 6.83. The van der Waals surface area contributed by atoms with Gasteiger partial charge in [-0.25, -0.2) is 9.59 Å². The molecule has 1 aromatic rings. The lowest BCUT2D eigenvalue weighted by atomic mass is 10.0. The van der Waals surface area contributed by atoms with Crippen LogP contribution in [0.2, 0.25) is 0 Å². The van der Waals surface area contributed by atoms with Crippen LogP contribution in [-0.2, 0) is 42.9 Å². The molecule has 0 aliphatic carbocycles. The molecule has 2 aliphatic heterocycles. The van der Waals surface area contributed by atoms with Gasteiger partial charge < -0.3 is 34.7 Å². The van der Waals surface area contributed by atoms with E-state index in [2.05, 4.69) is 10.1 Å². The van der Waals surface area contributed by atoms with Crippen LogP contribution < -0.4 is 21.1 Å². The minimum atomic E-state index is -5.52. The van der Waals surface area contributed by atoms with E-state index in [0.717, 1.165) is 6.07 Å². The molecule has 5 amide bonds. The van der Waals surface area contributed by atoms with Crippen LogP contribution >= 0.6 is 0 Å². The van der Waals surface area contributed by atoms with Crippen LogP contribution in [-0.4, -0.2) is 111 Å². The fourth-order valence-corrected chi connectivity index (χ4v) is 4.57. The van der Waals surface area contributed by atoms with E-state index in [4.69, 9.17) is 24.7 Å². The van der Waals surface area contributed by atoms with Crippen molar-refractivity contribution in [3.05, 3.63) is 29.3 Å². The zero-order valence-corrected chi connectivity index (χ0v) is 25.8. The number of nitrogens with one attached hydrogen (secondary N) is 2. The molecule has 3 rings (SSSR count). The summed E-state index contributed by atoms with van der Waals surface area (Å²) in [6.45, 7) is 2.31. The first-order valence-corrected chi connectivity index (χ1v) is 14.9. The summed E-state index contributed by atoms with van der Waals surface area (Å²) in [6, 6.07) is 2.08. The first kappa shape index (κ1) is 37.8. The molecule has 0 spiro atoms. The van der Waals surface area contributed by atoms with Gasteiger partial charge in [0.15, 0.2) is 6.10 Å². The van der Waals surface area contributed by atoms with Crippen molar-refractivity contribution in [3.8, 4) is 5.75 Å². The molecule has 0 saturated carbocycles. The lowest BCUT2D eigenvalue weighted by molar-refractivity contribution is -0.216. The van der Waals surface area contributed by atoms with E-state index in [9.17, 15) is 46.7 Å². The highest BCUT2D eigenvalue weighted by atomic mass is 19.4. The van der Waals surface area contributed by atoms with E-state index in [-0.39, 0.29) is 64.2 Å². The number of hydrogen-bond donors (Lipinski definition) is 3. The van der Waals surface area contributed by atoms with Crippen molar-refractivity contribution in [1.82, 2.24) is 15.5 Å². The van der Waals surface area contributed by atoms with Crippen molar-refractivity contribution in [1.29, 1.82) is 0 Å². The summed E-state index contributed by atoms with van der Waals surface area (Å²) in [5.41, 5.74) is 4.64. The van der Waals surface area contributed by atoms with Gasteiger partial charge in [0.2, 0.25) is 11.8 Å². The largest absolute Gasteiger partial charge is 0.491 e. The number of halogens is 3. The van der Waals surface area contributed by atoms with Crippen molar-refractivity contribution in [3.63, 3.8) is 0 Å². The number of nitrogens with two attached hydrogens (primary N) is 1. The zero-order chi connectivity index (χ0) is 35.4. The lowest BCUT2D eigenvalue weighted by Crippen LogP contribution is -2.54. The van der Waals surface area contributed by atoms with Crippen LogP contribution in [0, 0.1) is 0 Å². The van der Waals surface area contributed by atoms with Crippen LogP contribution in [0.25, 0.3) is 0 Å². The quantitative estimate of drug-likeness (QED) is 0.0808. The van der Waals surface area contributed by atoms with Gasteiger partial charge in [0.25, 0.3) is 11.8 Å². The molecule has 1 fully saturated rings. The van der Waals surface area contributed by atoms with E-state index in [0.29, 0.717) is 17.9 Å². The number of fused-ring (bicyclic) bond motifs is 1. The topological polar surface area (TPSA) is 219 Å². The van der Waals surface area contributed by atoms with Crippen LogP contribution in [0.5, 0.6) is 5.75 Å². The highest BCUT2D eigenvalue weighted by molar-refractivity contribution is 6.24. The molecule has 1 aromatic carbocycles. The van der Waals surface area contributed by atoms with Gasteiger partial charge in [-0.1, -0.05) is 6.07 Å². The average Bonchev–Trinajstić information content (AvgIpc) is 3.28. The van der Waals surface area contributed by atoms with Crippen molar-refractivity contribution in [2.45, 2.75) is 63.6 Å². The molecule has 2 aliphatic rings. The maximum Gasteiger partial charge on any atom is 0.491 e. The molecule has 48 heavy (non-hydrogen) atoms.